The van der Waals surface area contributed by atoms with Gasteiger partial charge in [0.15, 0.2) is 0 Å². The van der Waals surface area contributed by atoms with Crippen LogP contribution in [-0.2, 0) is 9.53 Å². The summed E-state index contributed by atoms with van der Waals surface area (Å²) < 4.78 is 5.60. The van der Waals surface area contributed by atoms with Gasteiger partial charge < -0.3 is 15.0 Å². The highest BCUT2D eigenvalue weighted by Gasteiger charge is 2.42. The zero-order chi connectivity index (χ0) is 12.3. The Hall–Kier alpha value is -0.610. The molecule has 0 radical (unpaired) electrons. The summed E-state index contributed by atoms with van der Waals surface area (Å²) in [7, 11) is 0. The first kappa shape index (κ1) is 12.8. The Labute approximate surface area is 104 Å². The lowest BCUT2D eigenvalue weighted by atomic mass is 9.82. The average molecular weight is 240 g/mol. The standard InChI is InChI=1S/C13H24N2O2/c1-3-13(5-6-14-10-13)12(16)15-7-4-8-17-11(2)9-15/h11,14H,3-10H2,1-2H3. The van der Waals surface area contributed by atoms with E-state index in [0.717, 1.165) is 52.0 Å². The van der Waals surface area contributed by atoms with Crippen LogP contribution in [0.1, 0.15) is 33.1 Å². The van der Waals surface area contributed by atoms with Gasteiger partial charge in [0.25, 0.3) is 0 Å². The number of amides is 1. The molecule has 0 aromatic heterocycles. The zero-order valence-corrected chi connectivity index (χ0v) is 11.0. The predicted molar refractivity (Wildman–Crippen MR) is 66.8 cm³/mol. The third-order valence-corrected chi connectivity index (χ3v) is 4.11. The number of hydrogen-bond donors (Lipinski definition) is 1. The highest BCUT2D eigenvalue weighted by Crippen LogP contribution is 2.32. The summed E-state index contributed by atoms with van der Waals surface area (Å²) in [5.74, 6) is 0.336. The molecule has 0 aromatic carbocycles. The monoisotopic (exact) mass is 240 g/mol. The summed E-state index contributed by atoms with van der Waals surface area (Å²) in [6.07, 6.45) is 3.05. The van der Waals surface area contributed by atoms with Gasteiger partial charge in [-0.1, -0.05) is 6.92 Å². The fraction of sp³-hybridized carbons (Fsp3) is 0.923. The Bertz CT molecular complexity index is 275. The van der Waals surface area contributed by atoms with Crippen molar-refractivity contribution in [3.8, 4) is 0 Å². The topological polar surface area (TPSA) is 41.6 Å². The van der Waals surface area contributed by atoms with E-state index >= 15 is 0 Å². The second-order valence-electron chi connectivity index (χ2n) is 5.35. The van der Waals surface area contributed by atoms with Crippen molar-refractivity contribution in [3.05, 3.63) is 0 Å². The molecule has 4 heteroatoms. The fourth-order valence-corrected chi connectivity index (χ4v) is 2.89. The predicted octanol–water partition coefficient (Wildman–Crippen LogP) is 1.01. The minimum atomic E-state index is -0.149. The zero-order valence-electron chi connectivity index (χ0n) is 11.0. The van der Waals surface area contributed by atoms with Crippen LogP contribution in [0.2, 0.25) is 0 Å². The van der Waals surface area contributed by atoms with Crippen LogP contribution in [0.5, 0.6) is 0 Å². The van der Waals surface area contributed by atoms with Gasteiger partial charge in [-0.25, -0.2) is 0 Å². The molecule has 2 fully saturated rings. The van der Waals surface area contributed by atoms with Crippen molar-refractivity contribution < 1.29 is 9.53 Å². The maximum atomic E-state index is 12.7. The Morgan fingerprint density at radius 2 is 2.41 bits per heavy atom. The summed E-state index contributed by atoms with van der Waals surface area (Å²) in [6, 6.07) is 0. The summed E-state index contributed by atoms with van der Waals surface area (Å²) in [4.78, 5) is 14.7. The molecule has 1 amide bonds. The number of carbonyl (C=O) groups excluding carboxylic acids is 1. The number of hydrogen-bond acceptors (Lipinski definition) is 3. The van der Waals surface area contributed by atoms with E-state index in [4.69, 9.17) is 4.74 Å². The number of ether oxygens (including phenoxy) is 1. The molecule has 0 aliphatic carbocycles. The van der Waals surface area contributed by atoms with Crippen LogP contribution in [0.3, 0.4) is 0 Å². The maximum absolute atomic E-state index is 12.7. The van der Waals surface area contributed by atoms with Crippen LogP contribution in [0.4, 0.5) is 0 Å². The first-order valence-electron chi connectivity index (χ1n) is 6.80. The molecule has 2 saturated heterocycles. The van der Waals surface area contributed by atoms with E-state index in [1.807, 2.05) is 4.90 Å². The van der Waals surface area contributed by atoms with Gasteiger partial charge in [-0.15, -0.1) is 0 Å². The molecule has 2 heterocycles. The Balaban J connectivity index is 2.06. The first-order valence-corrected chi connectivity index (χ1v) is 6.80. The number of nitrogens with one attached hydrogen (secondary N) is 1. The molecule has 1 N–H and O–H groups in total. The molecule has 2 rings (SSSR count). The van der Waals surface area contributed by atoms with Crippen LogP contribution >= 0.6 is 0 Å². The third-order valence-electron chi connectivity index (χ3n) is 4.11. The average Bonchev–Trinajstić information content (AvgIpc) is 2.72. The van der Waals surface area contributed by atoms with E-state index in [9.17, 15) is 4.79 Å². The normalized spacial score (nSPS) is 34.7. The van der Waals surface area contributed by atoms with E-state index in [1.54, 1.807) is 0 Å². The lowest BCUT2D eigenvalue weighted by molar-refractivity contribution is -0.142. The Morgan fingerprint density at radius 3 is 3.06 bits per heavy atom. The summed E-state index contributed by atoms with van der Waals surface area (Å²) >= 11 is 0. The van der Waals surface area contributed by atoms with Crippen molar-refractivity contribution in [1.29, 1.82) is 0 Å². The quantitative estimate of drug-likeness (QED) is 0.783. The van der Waals surface area contributed by atoms with E-state index in [-0.39, 0.29) is 11.5 Å². The molecule has 0 bridgehead atoms. The van der Waals surface area contributed by atoms with Crippen molar-refractivity contribution in [2.24, 2.45) is 5.41 Å². The number of nitrogens with zero attached hydrogens (tertiary/aromatic N) is 1. The van der Waals surface area contributed by atoms with Gasteiger partial charge in [0.05, 0.1) is 11.5 Å². The van der Waals surface area contributed by atoms with Gasteiger partial charge >= 0.3 is 0 Å². The molecule has 2 unspecified atom stereocenters. The van der Waals surface area contributed by atoms with Crippen molar-refractivity contribution in [3.63, 3.8) is 0 Å². The highest BCUT2D eigenvalue weighted by molar-refractivity contribution is 5.83. The number of carbonyl (C=O) groups is 1. The number of rotatable bonds is 2. The van der Waals surface area contributed by atoms with Crippen LogP contribution in [0, 0.1) is 5.41 Å². The smallest absolute Gasteiger partial charge is 0.230 e. The van der Waals surface area contributed by atoms with Gasteiger partial charge in [-0.05, 0) is 32.7 Å². The molecule has 0 aromatic rings. The van der Waals surface area contributed by atoms with E-state index in [2.05, 4.69) is 19.2 Å². The van der Waals surface area contributed by atoms with Crippen LogP contribution in [0.15, 0.2) is 0 Å². The molecular weight excluding hydrogens is 216 g/mol. The molecule has 2 aliphatic rings. The largest absolute Gasteiger partial charge is 0.377 e. The molecule has 98 valence electrons. The lowest BCUT2D eigenvalue weighted by Gasteiger charge is -2.33. The van der Waals surface area contributed by atoms with Crippen LogP contribution in [-0.4, -0.2) is 49.7 Å². The van der Waals surface area contributed by atoms with Crippen molar-refractivity contribution in [2.75, 3.05) is 32.8 Å². The van der Waals surface area contributed by atoms with Gasteiger partial charge in [0, 0.05) is 26.2 Å². The van der Waals surface area contributed by atoms with Gasteiger partial charge in [-0.3, -0.25) is 4.79 Å². The van der Waals surface area contributed by atoms with Gasteiger partial charge in [0.1, 0.15) is 0 Å². The van der Waals surface area contributed by atoms with E-state index < -0.39 is 0 Å². The van der Waals surface area contributed by atoms with Crippen molar-refractivity contribution in [1.82, 2.24) is 10.2 Å². The van der Waals surface area contributed by atoms with Crippen molar-refractivity contribution in [2.45, 2.75) is 39.2 Å². The molecule has 0 spiro atoms. The summed E-state index contributed by atoms with van der Waals surface area (Å²) in [5, 5.41) is 3.33. The second kappa shape index (κ2) is 5.36. The van der Waals surface area contributed by atoms with E-state index in [0.29, 0.717) is 5.91 Å². The molecule has 4 nitrogen and oxygen atoms in total. The van der Waals surface area contributed by atoms with Crippen LogP contribution in [0.25, 0.3) is 0 Å². The van der Waals surface area contributed by atoms with Crippen molar-refractivity contribution >= 4 is 5.91 Å². The SMILES string of the molecule is CCC1(C(=O)N2CCCOC(C)C2)CCNC1. The first-order chi connectivity index (χ1) is 8.18. The van der Waals surface area contributed by atoms with Gasteiger partial charge in [-0.2, -0.15) is 0 Å². The summed E-state index contributed by atoms with van der Waals surface area (Å²) in [6.45, 7) is 8.38. The second-order valence-corrected chi connectivity index (χ2v) is 5.35. The lowest BCUT2D eigenvalue weighted by Crippen LogP contribution is -2.47. The molecule has 2 atom stereocenters. The Kier molecular flexibility index (Phi) is 4.05. The van der Waals surface area contributed by atoms with Crippen LogP contribution < -0.4 is 5.32 Å². The Morgan fingerprint density at radius 1 is 1.59 bits per heavy atom. The molecular formula is C13H24N2O2. The summed E-state index contributed by atoms with van der Waals surface area (Å²) in [5.41, 5.74) is -0.149. The van der Waals surface area contributed by atoms with Gasteiger partial charge in [0.2, 0.25) is 5.91 Å². The molecule has 0 saturated carbocycles. The molecule has 2 aliphatic heterocycles. The minimum Gasteiger partial charge on any atom is -0.377 e. The van der Waals surface area contributed by atoms with E-state index in [1.165, 1.54) is 0 Å². The molecule has 17 heavy (non-hydrogen) atoms. The minimum absolute atomic E-state index is 0.149. The highest BCUT2D eigenvalue weighted by atomic mass is 16.5. The third kappa shape index (κ3) is 2.63. The fourth-order valence-electron chi connectivity index (χ4n) is 2.89. The maximum Gasteiger partial charge on any atom is 0.230 e.